The molecular weight excluding hydrogens is 1140 g/mol. The summed E-state index contributed by atoms with van der Waals surface area (Å²) in [5.74, 6) is -8.11. The number of carbonyl (C=O) groups is 5. The molecule has 0 saturated carbocycles. The first-order valence-electron chi connectivity index (χ1n) is 25.4. The number of amides is 2. The molecule has 2 aromatic carbocycles. The van der Waals surface area contributed by atoms with Gasteiger partial charge in [0.25, 0.3) is 0 Å². The Morgan fingerprint density at radius 3 is 1.44 bits per heavy atom. The van der Waals surface area contributed by atoms with Gasteiger partial charge < -0.3 is 105 Å². The average Bonchev–Trinajstić information content (AvgIpc) is 2.48. The monoisotopic (exact) mass is 1200 g/mol. The van der Waals surface area contributed by atoms with Crippen molar-refractivity contribution in [2.75, 3.05) is 19.8 Å². The van der Waals surface area contributed by atoms with E-state index in [1.807, 2.05) is 0 Å². The summed E-state index contributed by atoms with van der Waals surface area (Å²) in [5, 5.41) is 158. The summed E-state index contributed by atoms with van der Waals surface area (Å²) in [6, 6.07) is 13.6. The standard InChI is InChI=1S/C22H25N3O7.C20H21N3O7.C11H16N4O6.2Na/c1-11(2)21(29)24-18-14(25-9-12-5-3-4-6-13(12)15(25)8-23)7-17(22(30)31)32-20(18)19(28)16(27)10-26;1-10(25)22-17-13(23-8-11-4-2-3-5-12(11)14(23)7-21)6-16(20(28)29)30-19(17)18(27)15(26)9-24;1-5-6(15-4-12-13-14-15)2-8(11(19)20)21-10(5)9(18)7(17)3-16;;/h3-7,9,11,14,16,18-20,26-28H,10H2,1-2H3,(H,24,29)(H,30,31);2-6,8,13,15,17-19,24,26-27H,9H2,1H3,(H,22,25)(H,28,29);2,4-7,9-10,16-18H,3H2,1H3,(H,19,20);;/q;;;2*+1/p-2/t14-,16+,18+,19+,20+;13-,15+,17+,18+,19+;5-,6+,7-,9-,10-;;/m001../s1. The molecule has 12 N–H and O–H groups in total. The van der Waals surface area contributed by atoms with Crippen molar-refractivity contribution >= 4 is 51.3 Å². The van der Waals surface area contributed by atoms with Crippen LogP contribution in [-0.4, -0.2) is 197 Å². The molecule has 85 heavy (non-hydrogen) atoms. The van der Waals surface area contributed by atoms with Crippen LogP contribution in [0.5, 0.6) is 0 Å². The third kappa shape index (κ3) is 16.2. The number of nitriles is 2. The van der Waals surface area contributed by atoms with Gasteiger partial charge >= 0.3 is 65.1 Å². The van der Waals surface area contributed by atoms with Crippen LogP contribution in [0.4, 0.5) is 0 Å². The maximum absolute atomic E-state index is 12.6. The molecule has 3 aliphatic rings. The van der Waals surface area contributed by atoms with Crippen molar-refractivity contribution in [1.82, 2.24) is 40.0 Å². The smallest absolute Gasteiger partial charge is 0.542 e. The Kier molecular flexibility index (Phi) is 26.2. The topological polar surface area (TPSA) is 487 Å². The van der Waals surface area contributed by atoms with E-state index >= 15 is 0 Å². The number of hydrogen-bond acceptors (Lipinski definition) is 24. The summed E-state index contributed by atoms with van der Waals surface area (Å²) in [6.07, 6.45) is -5.40. The largest absolute Gasteiger partial charge is 1.00 e. The van der Waals surface area contributed by atoms with Crippen molar-refractivity contribution in [1.29, 1.82) is 10.5 Å². The molecule has 8 rings (SSSR count). The molecule has 0 spiro atoms. The Bertz CT molecular complexity index is 3320. The van der Waals surface area contributed by atoms with Crippen molar-refractivity contribution in [2.24, 2.45) is 11.8 Å². The quantitative estimate of drug-likeness (QED) is 0.0363. The molecule has 0 aliphatic carbocycles. The van der Waals surface area contributed by atoms with Crippen molar-refractivity contribution in [2.45, 2.75) is 113 Å². The van der Waals surface area contributed by atoms with E-state index in [1.165, 1.54) is 45.3 Å². The number of nitrogens with one attached hydrogen (secondary N) is 2. The van der Waals surface area contributed by atoms with Gasteiger partial charge in [-0.2, -0.15) is 10.5 Å². The number of aliphatic hydroxyl groups excluding tert-OH is 9. The molecule has 3 aromatic heterocycles. The van der Waals surface area contributed by atoms with Crippen LogP contribution in [-0.2, 0) is 38.2 Å². The van der Waals surface area contributed by atoms with Crippen LogP contribution >= 0.6 is 0 Å². The van der Waals surface area contributed by atoms with E-state index in [0.717, 1.165) is 5.39 Å². The molecule has 30 nitrogen and oxygen atoms in total. The van der Waals surface area contributed by atoms with Crippen LogP contribution in [0.15, 0.2) is 103 Å². The molecule has 0 unspecified atom stereocenters. The van der Waals surface area contributed by atoms with Gasteiger partial charge in [0.15, 0.2) is 0 Å². The van der Waals surface area contributed by atoms with Crippen molar-refractivity contribution in [3.05, 3.63) is 114 Å². The Balaban J connectivity index is 0.000000276. The first-order chi connectivity index (χ1) is 39.4. The van der Waals surface area contributed by atoms with Crippen LogP contribution in [0.2, 0.25) is 0 Å². The second kappa shape index (κ2) is 31.5. The van der Waals surface area contributed by atoms with Gasteiger partial charge in [-0.15, -0.1) is 5.10 Å². The third-order valence-electron chi connectivity index (χ3n) is 13.9. The minimum absolute atomic E-state index is 0. The van der Waals surface area contributed by atoms with Crippen LogP contribution in [0.1, 0.15) is 57.2 Å². The molecule has 444 valence electrons. The fourth-order valence-corrected chi connectivity index (χ4v) is 9.59. The number of aliphatic carboxylic acids is 3. The second-order valence-corrected chi connectivity index (χ2v) is 19.6. The number of fused-ring (bicyclic) bond motifs is 2. The molecule has 0 bridgehead atoms. The van der Waals surface area contributed by atoms with Gasteiger partial charge in [0, 0.05) is 52.7 Å². The van der Waals surface area contributed by atoms with Crippen molar-refractivity contribution < 1.29 is 159 Å². The summed E-state index contributed by atoms with van der Waals surface area (Å²) in [6.45, 7) is 3.89. The third-order valence-corrected chi connectivity index (χ3v) is 13.9. The zero-order chi connectivity index (χ0) is 61.1. The van der Waals surface area contributed by atoms with Crippen LogP contribution in [0, 0.1) is 34.5 Å². The van der Waals surface area contributed by atoms with E-state index in [0.29, 0.717) is 16.2 Å². The fourth-order valence-electron chi connectivity index (χ4n) is 9.59. The molecule has 15 atom stereocenters. The molecular formula is C53H60N10Na2O20. The predicted molar refractivity (Wildman–Crippen MR) is 276 cm³/mol. The first kappa shape index (κ1) is 70.7. The number of carboxylic acid groups (broad SMARTS) is 3. The fraction of sp³-hybridized carbons (Fsp3) is 0.434. The number of tetrazole rings is 1. The van der Waals surface area contributed by atoms with Gasteiger partial charge in [0.2, 0.25) is 17.6 Å². The van der Waals surface area contributed by atoms with Gasteiger partial charge in [-0.3, -0.25) is 9.59 Å². The van der Waals surface area contributed by atoms with E-state index in [-0.39, 0.29) is 70.5 Å². The molecule has 0 fully saturated rings. The SMILES string of the molecule is CC(=O)N[C@H]1[C@H]([C@H](O)[C@H](O)CO)OC(C(=O)O)=C[C@@H]1n1cc2ccccc2c1C#N.CC(C)C(=O)N[C@H]1[C@H]([C@H](O)[C@H](O)CO)OC(C(=O)[O-])=C[C@@H]1n1cc2ccccc2c1C#N.C[C@H]1[C@H]([C@H](O)[C@H](O)CO)OC(C(=O)[O-])=C[C@@H]1n1cnnn1.[Na+].[Na+]. The summed E-state index contributed by atoms with van der Waals surface area (Å²) in [5.41, 5.74) is 0.436. The number of aromatic nitrogens is 6. The van der Waals surface area contributed by atoms with E-state index in [4.69, 9.17) is 19.3 Å². The van der Waals surface area contributed by atoms with Gasteiger partial charge in [0.1, 0.15) is 108 Å². The van der Waals surface area contributed by atoms with E-state index < -0.39 is 164 Å². The molecule has 0 radical (unpaired) electrons. The zero-order valence-corrected chi connectivity index (χ0v) is 50.6. The molecule has 2 amide bonds. The Morgan fingerprint density at radius 2 is 1.05 bits per heavy atom. The maximum atomic E-state index is 12.6. The molecule has 32 heteroatoms. The van der Waals surface area contributed by atoms with Crippen molar-refractivity contribution in [3.8, 4) is 12.1 Å². The summed E-state index contributed by atoms with van der Waals surface area (Å²) >= 11 is 0. The van der Waals surface area contributed by atoms with E-state index in [9.17, 15) is 90.7 Å². The van der Waals surface area contributed by atoms with Crippen molar-refractivity contribution in [3.63, 3.8) is 0 Å². The molecule has 5 aromatic rings. The summed E-state index contributed by atoms with van der Waals surface area (Å²) in [4.78, 5) is 58.7. The van der Waals surface area contributed by atoms with Gasteiger partial charge in [-0.05, 0) is 28.7 Å². The molecule has 0 saturated heterocycles. The number of rotatable bonds is 18. The average molecular weight is 1200 g/mol. The van der Waals surface area contributed by atoms with Crippen LogP contribution in [0.25, 0.3) is 21.5 Å². The predicted octanol–water partition coefficient (Wildman–Crippen LogP) is -10.8. The minimum Gasteiger partial charge on any atom is -0.542 e. The summed E-state index contributed by atoms with van der Waals surface area (Å²) in [7, 11) is 0. The normalized spacial score (nSPS) is 23.6. The number of aliphatic hydroxyl groups is 9. The molecule has 6 heterocycles. The number of carboxylic acids is 3. The van der Waals surface area contributed by atoms with Gasteiger partial charge in [-0.1, -0.05) is 69.3 Å². The number of ether oxygens (including phenoxy) is 3. The van der Waals surface area contributed by atoms with Crippen LogP contribution < -0.4 is 80.0 Å². The Morgan fingerprint density at radius 1 is 0.647 bits per heavy atom. The molecule has 3 aliphatic heterocycles. The van der Waals surface area contributed by atoms with Gasteiger partial charge in [0.05, 0.1) is 50.0 Å². The maximum Gasteiger partial charge on any atom is 1.00 e. The minimum atomic E-state index is -1.75. The van der Waals surface area contributed by atoms with Crippen LogP contribution in [0.3, 0.4) is 0 Å². The number of nitrogens with zero attached hydrogens (tertiary/aromatic N) is 8. The number of benzene rings is 2. The first-order valence-corrected chi connectivity index (χ1v) is 25.4. The van der Waals surface area contributed by atoms with E-state index in [1.54, 1.807) is 81.7 Å². The summed E-state index contributed by atoms with van der Waals surface area (Å²) < 4.78 is 20.2. The number of carbonyl (C=O) groups excluding carboxylic acids is 4. The Hall–Kier alpha value is -6.82. The Labute approximate surface area is 527 Å². The van der Waals surface area contributed by atoms with E-state index in [2.05, 4.69) is 38.3 Å². The van der Waals surface area contributed by atoms with Gasteiger partial charge in [-0.25, -0.2) is 9.48 Å². The number of hydrogen-bond donors (Lipinski definition) is 12. The second-order valence-electron chi connectivity index (χ2n) is 19.6. The number of allylic oxidation sites excluding steroid dienone is 1. The zero-order valence-electron chi connectivity index (χ0n) is 46.6.